The van der Waals surface area contributed by atoms with Crippen molar-refractivity contribution in [2.75, 3.05) is 18.0 Å². The molecular weight excluding hydrogens is 348 g/mol. The van der Waals surface area contributed by atoms with Crippen LogP contribution in [0.5, 0.6) is 0 Å². The predicted molar refractivity (Wildman–Crippen MR) is 104 cm³/mol. The lowest BCUT2D eigenvalue weighted by atomic mass is 10.1. The molecule has 1 saturated heterocycles. The summed E-state index contributed by atoms with van der Waals surface area (Å²) in [5.74, 6) is -0.356. The molecule has 0 spiro atoms. The topological polar surface area (TPSA) is 49.4 Å². The average molecular weight is 371 g/mol. The number of hydrogen-bond acceptors (Lipinski definition) is 2. The first-order valence-corrected chi connectivity index (χ1v) is 9.36. The van der Waals surface area contributed by atoms with E-state index >= 15 is 0 Å². The summed E-state index contributed by atoms with van der Waals surface area (Å²) in [7, 11) is 0. The van der Waals surface area contributed by atoms with Crippen LogP contribution in [0, 0.1) is 5.92 Å². The van der Waals surface area contributed by atoms with Crippen LogP contribution in [0.1, 0.15) is 24.5 Å². The van der Waals surface area contributed by atoms with Crippen LogP contribution < -0.4 is 10.2 Å². The lowest BCUT2D eigenvalue weighted by Gasteiger charge is -2.17. The third-order valence-corrected chi connectivity index (χ3v) is 4.99. The van der Waals surface area contributed by atoms with Gasteiger partial charge in [0.15, 0.2) is 0 Å². The largest absolute Gasteiger partial charge is 0.355 e. The van der Waals surface area contributed by atoms with Crippen LogP contribution in [0.4, 0.5) is 5.69 Å². The van der Waals surface area contributed by atoms with Gasteiger partial charge >= 0.3 is 0 Å². The van der Waals surface area contributed by atoms with Gasteiger partial charge in [-0.1, -0.05) is 42.8 Å². The van der Waals surface area contributed by atoms with Gasteiger partial charge < -0.3 is 10.2 Å². The monoisotopic (exact) mass is 370 g/mol. The molecule has 0 radical (unpaired) electrons. The van der Waals surface area contributed by atoms with E-state index < -0.39 is 0 Å². The zero-order valence-corrected chi connectivity index (χ0v) is 15.6. The summed E-state index contributed by atoms with van der Waals surface area (Å²) in [6.07, 6.45) is 1.94. The Labute approximate surface area is 159 Å². The average Bonchev–Trinajstić information content (AvgIpc) is 3.04. The molecule has 2 amide bonds. The van der Waals surface area contributed by atoms with E-state index in [4.69, 9.17) is 11.6 Å². The van der Waals surface area contributed by atoms with E-state index in [2.05, 4.69) is 12.2 Å². The van der Waals surface area contributed by atoms with Crippen molar-refractivity contribution in [3.8, 4) is 0 Å². The van der Waals surface area contributed by atoms with Gasteiger partial charge in [-0.15, -0.1) is 0 Å². The number of hydrogen-bond donors (Lipinski definition) is 1. The second-order valence-electron chi connectivity index (χ2n) is 6.60. The number of halogens is 1. The summed E-state index contributed by atoms with van der Waals surface area (Å²) in [5.41, 5.74) is 3.18. The van der Waals surface area contributed by atoms with Crippen LogP contribution in [0.2, 0.25) is 5.02 Å². The highest BCUT2D eigenvalue weighted by Gasteiger charge is 2.34. The molecule has 4 nitrogen and oxygen atoms in total. The Hall–Kier alpha value is -2.33. The molecule has 0 aromatic heterocycles. The highest BCUT2D eigenvalue weighted by molar-refractivity contribution is 6.30. The lowest BCUT2D eigenvalue weighted by Crippen LogP contribution is -2.34. The van der Waals surface area contributed by atoms with E-state index in [1.54, 1.807) is 4.90 Å². The zero-order chi connectivity index (χ0) is 18.5. The van der Waals surface area contributed by atoms with Crippen molar-refractivity contribution in [3.05, 3.63) is 64.7 Å². The minimum atomic E-state index is -0.298. The first kappa shape index (κ1) is 18.5. The Morgan fingerprint density at radius 3 is 2.65 bits per heavy atom. The molecule has 0 saturated carbocycles. The molecular formula is C21H23ClN2O2. The Kier molecular flexibility index (Phi) is 5.94. The standard InChI is InChI=1S/C21H23ClN2O2/c1-2-15-6-8-19(9-7-15)24-14-17(13-20(24)25)21(26)23-11-10-16-4-3-5-18(22)12-16/h3-9,12,17H,2,10-11,13-14H2,1H3,(H,23,26). The molecule has 26 heavy (non-hydrogen) atoms. The Balaban J connectivity index is 1.53. The number of nitrogens with zero attached hydrogens (tertiary/aromatic N) is 1. The fraction of sp³-hybridized carbons (Fsp3) is 0.333. The van der Waals surface area contributed by atoms with Gasteiger partial charge in [0.2, 0.25) is 11.8 Å². The van der Waals surface area contributed by atoms with Gasteiger partial charge in [0, 0.05) is 30.2 Å². The number of carbonyl (C=O) groups excluding carboxylic acids is 2. The van der Waals surface area contributed by atoms with Crippen LogP contribution in [0.3, 0.4) is 0 Å². The third kappa shape index (κ3) is 4.44. The van der Waals surface area contributed by atoms with Crippen LogP contribution in [0.25, 0.3) is 0 Å². The van der Waals surface area contributed by atoms with Crippen molar-refractivity contribution < 1.29 is 9.59 Å². The zero-order valence-electron chi connectivity index (χ0n) is 14.9. The molecule has 2 aromatic rings. The Morgan fingerprint density at radius 2 is 1.96 bits per heavy atom. The summed E-state index contributed by atoms with van der Waals surface area (Å²) in [6.45, 7) is 3.07. The molecule has 5 heteroatoms. The van der Waals surface area contributed by atoms with Gasteiger partial charge in [0.05, 0.1) is 5.92 Å². The Bertz CT molecular complexity index is 789. The van der Waals surface area contributed by atoms with E-state index in [0.717, 1.165) is 24.1 Å². The summed E-state index contributed by atoms with van der Waals surface area (Å²) in [6, 6.07) is 15.6. The van der Waals surface area contributed by atoms with Crippen molar-refractivity contribution in [3.63, 3.8) is 0 Å². The fourth-order valence-electron chi connectivity index (χ4n) is 3.21. The number of carbonyl (C=O) groups is 2. The van der Waals surface area contributed by atoms with Gasteiger partial charge in [-0.2, -0.15) is 0 Å². The maximum Gasteiger partial charge on any atom is 0.227 e. The summed E-state index contributed by atoms with van der Waals surface area (Å²) >= 11 is 5.97. The molecule has 1 unspecified atom stereocenters. The molecule has 0 bridgehead atoms. The van der Waals surface area contributed by atoms with Gasteiger partial charge in [-0.25, -0.2) is 0 Å². The number of amides is 2. The molecule has 2 aromatic carbocycles. The summed E-state index contributed by atoms with van der Waals surface area (Å²) in [5, 5.41) is 3.64. The number of rotatable bonds is 6. The van der Waals surface area contributed by atoms with E-state index in [-0.39, 0.29) is 24.2 Å². The first-order chi connectivity index (χ1) is 12.6. The molecule has 1 fully saturated rings. The van der Waals surface area contributed by atoms with Crippen molar-refractivity contribution in [2.24, 2.45) is 5.92 Å². The van der Waals surface area contributed by atoms with Crippen LogP contribution in [0.15, 0.2) is 48.5 Å². The number of aryl methyl sites for hydroxylation is 1. The molecule has 1 heterocycles. The summed E-state index contributed by atoms with van der Waals surface area (Å²) < 4.78 is 0. The van der Waals surface area contributed by atoms with E-state index in [1.165, 1.54) is 5.56 Å². The smallest absolute Gasteiger partial charge is 0.227 e. The molecule has 1 N–H and O–H groups in total. The number of benzene rings is 2. The molecule has 0 aliphatic carbocycles. The number of nitrogens with one attached hydrogen (secondary N) is 1. The van der Waals surface area contributed by atoms with E-state index in [1.807, 2.05) is 48.5 Å². The van der Waals surface area contributed by atoms with Crippen molar-refractivity contribution in [1.29, 1.82) is 0 Å². The quantitative estimate of drug-likeness (QED) is 0.844. The van der Waals surface area contributed by atoms with Gasteiger partial charge in [0.1, 0.15) is 0 Å². The van der Waals surface area contributed by atoms with E-state index in [9.17, 15) is 9.59 Å². The molecule has 136 valence electrons. The van der Waals surface area contributed by atoms with Gasteiger partial charge in [0.25, 0.3) is 0 Å². The highest BCUT2D eigenvalue weighted by atomic mass is 35.5. The van der Waals surface area contributed by atoms with Crippen molar-refractivity contribution in [1.82, 2.24) is 5.32 Å². The van der Waals surface area contributed by atoms with Crippen molar-refractivity contribution >= 4 is 29.1 Å². The predicted octanol–water partition coefficient (Wildman–Crippen LogP) is 3.61. The normalized spacial score (nSPS) is 16.8. The van der Waals surface area contributed by atoms with Gasteiger partial charge in [-0.05, 0) is 48.2 Å². The minimum absolute atomic E-state index is 0.00393. The second-order valence-corrected chi connectivity index (χ2v) is 7.03. The minimum Gasteiger partial charge on any atom is -0.355 e. The molecule has 1 atom stereocenters. The lowest BCUT2D eigenvalue weighted by molar-refractivity contribution is -0.126. The molecule has 1 aliphatic rings. The highest BCUT2D eigenvalue weighted by Crippen LogP contribution is 2.25. The SMILES string of the molecule is CCc1ccc(N2CC(C(=O)NCCc3cccc(Cl)c3)CC2=O)cc1. The first-order valence-electron chi connectivity index (χ1n) is 8.98. The van der Waals surface area contributed by atoms with Crippen LogP contribution >= 0.6 is 11.6 Å². The van der Waals surface area contributed by atoms with Crippen molar-refractivity contribution in [2.45, 2.75) is 26.2 Å². The second kappa shape index (κ2) is 8.37. The van der Waals surface area contributed by atoms with Crippen LogP contribution in [-0.4, -0.2) is 24.9 Å². The Morgan fingerprint density at radius 1 is 1.19 bits per heavy atom. The number of anilines is 1. The fourth-order valence-corrected chi connectivity index (χ4v) is 3.42. The molecule has 3 rings (SSSR count). The van der Waals surface area contributed by atoms with Gasteiger partial charge in [-0.3, -0.25) is 9.59 Å². The summed E-state index contributed by atoms with van der Waals surface area (Å²) in [4.78, 5) is 26.4. The van der Waals surface area contributed by atoms with Crippen LogP contribution in [-0.2, 0) is 22.4 Å². The maximum absolute atomic E-state index is 12.4. The van der Waals surface area contributed by atoms with E-state index in [0.29, 0.717) is 18.1 Å². The molecule has 1 aliphatic heterocycles. The third-order valence-electron chi connectivity index (χ3n) is 4.75. The maximum atomic E-state index is 12.4.